The molecular formula is C19H23N5OS. The summed E-state index contributed by atoms with van der Waals surface area (Å²) in [6, 6.07) is 10.9. The number of hydrogen-bond donors (Lipinski definition) is 0. The Morgan fingerprint density at radius 3 is 2.62 bits per heavy atom. The Labute approximate surface area is 158 Å². The molecule has 3 aromatic rings. The average molecular weight is 369 g/mol. The van der Waals surface area contributed by atoms with Gasteiger partial charge in [-0.1, -0.05) is 12.1 Å². The third-order valence-corrected chi connectivity index (χ3v) is 5.19. The van der Waals surface area contributed by atoms with Crippen LogP contribution in [0.15, 0.2) is 30.3 Å². The number of aryl methyl sites for hydroxylation is 2. The third-order valence-electron chi connectivity index (χ3n) is 4.79. The summed E-state index contributed by atoms with van der Waals surface area (Å²) in [4.78, 5) is 6.96. The van der Waals surface area contributed by atoms with Gasteiger partial charge in [0.1, 0.15) is 5.75 Å². The number of nitrogens with zero attached hydrogens (tertiary/aromatic N) is 5. The molecule has 0 radical (unpaired) electrons. The van der Waals surface area contributed by atoms with Crippen molar-refractivity contribution in [1.82, 2.24) is 24.1 Å². The molecule has 26 heavy (non-hydrogen) atoms. The first-order valence-electron chi connectivity index (χ1n) is 8.86. The lowest BCUT2D eigenvalue weighted by molar-refractivity contribution is 0.187. The number of hydrogen-bond acceptors (Lipinski definition) is 5. The van der Waals surface area contributed by atoms with Gasteiger partial charge in [0.05, 0.1) is 13.8 Å². The number of ether oxygens (including phenoxy) is 1. The van der Waals surface area contributed by atoms with Crippen LogP contribution in [-0.4, -0.2) is 37.2 Å². The number of fused-ring (bicyclic) bond motifs is 1. The molecule has 0 bridgehead atoms. The smallest absolute Gasteiger partial charge is 0.254 e. The highest BCUT2D eigenvalue weighted by Gasteiger charge is 2.29. The van der Waals surface area contributed by atoms with Crippen molar-refractivity contribution in [2.75, 3.05) is 7.11 Å². The molecule has 0 N–H and O–H groups in total. The van der Waals surface area contributed by atoms with Gasteiger partial charge in [0.15, 0.2) is 0 Å². The van der Waals surface area contributed by atoms with Gasteiger partial charge in [0.25, 0.3) is 5.78 Å². The summed E-state index contributed by atoms with van der Waals surface area (Å²) in [7, 11) is 1.69. The quantitative estimate of drug-likeness (QED) is 0.622. The van der Waals surface area contributed by atoms with Crippen molar-refractivity contribution in [2.45, 2.75) is 45.9 Å². The first-order valence-corrected chi connectivity index (χ1v) is 9.27. The highest BCUT2D eigenvalue weighted by molar-refractivity contribution is 7.71. The van der Waals surface area contributed by atoms with Crippen LogP contribution in [-0.2, 0) is 13.2 Å². The van der Waals surface area contributed by atoms with E-state index in [1.807, 2.05) is 41.1 Å². The van der Waals surface area contributed by atoms with Gasteiger partial charge in [-0.15, -0.1) is 5.10 Å². The van der Waals surface area contributed by atoms with Crippen molar-refractivity contribution in [3.63, 3.8) is 0 Å². The molecule has 1 aliphatic carbocycles. The number of rotatable bonds is 6. The van der Waals surface area contributed by atoms with E-state index in [4.69, 9.17) is 17.0 Å². The highest BCUT2D eigenvalue weighted by Crippen LogP contribution is 2.29. The zero-order chi connectivity index (χ0) is 18.3. The van der Waals surface area contributed by atoms with E-state index in [0.717, 1.165) is 23.7 Å². The average Bonchev–Trinajstić information content (AvgIpc) is 3.41. The van der Waals surface area contributed by atoms with Crippen LogP contribution < -0.4 is 4.74 Å². The van der Waals surface area contributed by atoms with Crippen LogP contribution in [0.1, 0.15) is 29.8 Å². The predicted octanol–water partition coefficient (Wildman–Crippen LogP) is 3.51. The largest absolute Gasteiger partial charge is 0.497 e. The summed E-state index contributed by atoms with van der Waals surface area (Å²) < 4.78 is 9.79. The Morgan fingerprint density at radius 1 is 1.23 bits per heavy atom. The maximum absolute atomic E-state index is 5.66. The Bertz CT molecular complexity index is 988. The fourth-order valence-corrected chi connectivity index (χ4v) is 3.62. The van der Waals surface area contributed by atoms with Gasteiger partial charge in [0.2, 0.25) is 4.77 Å². The van der Waals surface area contributed by atoms with Crippen LogP contribution in [0.2, 0.25) is 0 Å². The Hall–Kier alpha value is -2.25. The zero-order valence-electron chi connectivity index (χ0n) is 15.3. The second-order valence-electron chi connectivity index (χ2n) is 6.92. The van der Waals surface area contributed by atoms with Gasteiger partial charge in [-0.2, -0.15) is 0 Å². The summed E-state index contributed by atoms with van der Waals surface area (Å²) in [5.74, 6) is 1.55. The first kappa shape index (κ1) is 17.2. The maximum Gasteiger partial charge on any atom is 0.254 e. The molecule has 2 heterocycles. The molecule has 1 aromatic carbocycles. The summed E-state index contributed by atoms with van der Waals surface area (Å²) in [5.41, 5.74) is 3.29. The number of aromatic nitrogens is 4. The molecule has 2 aromatic heterocycles. The normalized spacial score (nSPS) is 14.3. The molecule has 1 aliphatic rings. The van der Waals surface area contributed by atoms with Crippen LogP contribution in [0.5, 0.6) is 5.75 Å². The lowest BCUT2D eigenvalue weighted by atomic mass is 10.2. The minimum atomic E-state index is 0.597. The van der Waals surface area contributed by atoms with Crippen LogP contribution in [0, 0.1) is 18.6 Å². The van der Waals surface area contributed by atoms with E-state index < -0.39 is 0 Å². The fourth-order valence-electron chi connectivity index (χ4n) is 3.30. The molecule has 0 amide bonds. The van der Waals surface area contributed by atoms with Crippen LogP contribution in [0.4, 0.5) is 0 Å². The Kier molecular flexibility index (Phi) is 4.50. The van der Waals surface area contributed by atoms with E-state index in [9.17, 15) is 0 Å². The number of benzene rings is 1. The van der Waals surface area contributed by atoms with Crippen molar-refractivity contribution < 1.29 is 4.74 Å². The molecular weight excluding hydrogens is 346 g/mol. The Balaban J connectivity index is 1.60. The molecule has 1 saturated carbocycles. The van der Waals surface area contributed by atoms with Gasteiger partial charge < -0.3 is 4.74 Å². The molecule has 0 unspecified atom stereocenters. The molecule has 0 aliphatic heterocycles. The van der Waals surface area contributed by atoms with Crippen LogP contribution in [0.3, 0.4) is 0 Å². The summed E-state index contributed by atoms with van der Waals surface area (Å²) in [5, 5.41) is 4.66. The van der Waals surface area contributed by atoms with Crippen molar-refractivity contribution in [3.8, 4) is 5.75 Å². The standard InChI is InChI=1S/C19H23N5OS/c1-13-10-14(2)24-18(20-13)21-23(19(24)26)12-22(16-6-7-16)11-15-4-8-17(25-3)9-5-15/h4-5,8-10,16H,6-7,11-12H2,1-3H3. The third kappa shape index (κ3) is 3.37. The number of methoxy groups -OCH3 is 1. The summed E-state index contributed by atoms with van der Waals surface area (Å²) in [6.07, 6.45) is 2.46. The van der Waals surface area contributed by atoms with E-state index in [1.165, 1.54) is 18.4 Å². The van der Waals surface area contributed by atoms with E-state index in [0.29, 0.717) is 23.3 Å². The van der Waals surface area contributed by atoms with Crippen molar-refractivity contribution in [2.24, 2.45) is 0 Å². The van der Waals surface area contributed by atoms with Gasteiger partial charge in [-0.25, -0.2) is 9.67 Å². The lowest BCUT2D eigenvalue weighted by Gasteiger charge is -2.21. The van der Waals surface area contributed by atoms with Crippen LogP contribution in [0.25, 0.3) is 5.78 Å². The highest BCUT2D eigenvalue weighted by atomic mass is 32.1. The van der Waals surface area contributed by atoms with E-state index in [1.54, 1.807) is 7.11 Å². The van der Waals surface area contributed by atoms with Crippen molar-refractivity contribution in [1.29, 1.82) is 0 Å². The molecule has 6 nitrogen and oxygen atoms in total. The SMILES string of the molecule is COc1ccc(CN(Cn2nc3nc(C)cc(C)n3c2=S)C2CC2)cc1. The van der Waals surface area contributed by atoms with Crippen LogP contribution >= 0.6 is 12.2 Å². The second kappa shape index (κ2) is 6.81. The van der Waals surface area contributed by atoms with Crippen molar-refractivity contribution >= 4 is 18.0 Å². The molecule has 7 heteroatoms. The molecule has 0 spiro atoms. The molecule has 4 rings (SSSR count). The summed E-state index contributed by atoms with van der Waals surface area (Å²) in [6.45, 7) is 5.57. The maximum atomic E-state index is 5.66. The minimum absolute atomic E-state index is 0.597. The molecule has 0 atom stereocenters. The first-order chi connectivity index (χ1) is 12.5. The lowest BCUT2D eigenvalue weighted by Crippen LogP contribution is -2.29. The minimum Gasteiger partial charge on any atom is -0.497 e. The molecule has 0 saturated heterocycles. The van der Waals surface area contributed by atoms with Gasteiger partial charge in [-0.3, -0.25) is 9.30 Å². The van der Waals surface area contributed by atoms with Crippen molar-refractivity contribution in [3.05, 3.63) is 52.1 Å². The van der Waals surface area contributed by atoms with E-state index in [-0.39, 0.29) is 0 Å². The topological polar surface area (TPSA) is 47.6 Å². The monoisotopic (exact) mass is 369 g/mol. The van der Waals surface area contributed by atoms with Gasteiger partial charge in [-0.05, 0) is 62.7 Å². The van der Waals surface area contributed by atoms with Gasteiger partial charge in [0, 0.05) is 24.0 Å². The molecule has 136 valence electrons. The van der Waals surface area contributed by atoms with Gasteiger partial charge >= 0.3 is 0 Å². The Morgan fingerprint density at radius 2 is 1.96 bits per heavy atom. The van der Waals surface area contributed by atoms with E-state index >= 15 is 0 Å². The second-order valence-corrected chi connectivity index (χ2v) is 7.29. The predicted molar refractivity (Wildman–Crippen MR) is 103 cm³/mol. The summed E-state index contributed by atoms with van der Waals surface area (Å²) >= 11 is 5.66. The molecule has 1 fully saturated rings. The fraction of sp³-hybridized carbons (Fsp3) is 0.421. The van der Waals surface area contributed by atoms with E-state index in [2.05, 4.69) is 27.1 Å². The zero-order valence-corrected chi connectivity index (χ0v) is 16.2.